The molecule has 2 aromatic rings. The number of phenols is 1. The lowest BCUT2D eigenvalue weighted by Crippen LogP contribution is -2.27. The van der Waals surface area contributed by atoms with Gasteiger partial charge in [-0.25, -0.2) is 4.98 Å². The van der Waals surface area contributed by atoms with Crippen LogP contribution in [0.15, 0.2) is 29.2 Å². The second kappa shape index (κ2) is 5.96. The van der Waals surface area contributed by atoms with Gasteiger partial charge in [-0.05, 0) is 19.1 Å². The summed E-state index contributed by atoms with van der Waals surface area (Å²) in [5.74, 6) is 0.00615. The molecule has 0 radical (unpaired) electrons. The van der Waals surface area contributed by atoms with Crippen molar-refractivity contribution in [3.63, 3.8) is 0 Å². The zero-order chi connectivity index (χ0) is 16.6. The maximum atomic E-state index is 12.4. The number of nitrogens with zero attached hydrogens (tertiary/aromatic N) is 2. The molecule has 5 nitrogen and oxygen atoms in total. The number of rotatable bonds is 3. The van der Waals surface area contributed by atoms with E-state index in [0.717, 1.165) is 0 Å². The number of aromatic hydroxyl groups is 1. The van der Waals surface area contributed by atoms with Gasteiger partial charge in [-0.2, -0.15) is 0 Å². The van der Waals surface area contributed by atoms with Gasteiger partial charge in [0, 0.05) is 42.0 Å². The van der Waals surface area contributed by atoms with Gasteiger partial charge in [0.25, 0.3) is 0 Å². The van der Waals surface area contributed by atoms with Crippen molar-refractivity contribution in [3.8, 4) is 5.75 Å². The normalized spacial score (nSPS) is 15.0. The van der Waals surface area contributed by atoms with Gasteiger partial charge in [-0.1, -0.05) is 12.1 Å². The summed E-state index contributed by atoms with van der Waals surface area (Å²) in [5, 5.41) is 12.3. The minimum absolute atomic E-state index is 0.0599. The van der Waals surface area contributed by atoms with E-state index in [4.69, 9.17) is 0 Å². The van der Waals surface area contributed by atoms with Gasteiger partial charge in [0.05, 0.1) is 5.69 Å². The summed E-state index contributed by atoms with van der Waals surface area (Å²) in [6, 6.07) is 4.98. The van der Waals surface area contributed by atoms with Crippen molar-refractivity contribution in [2.24, 2.45) is 0 Å². The molecule has 0 unspecified atom stereocenters. The monoisotopic (exact) mass is 328 g/mol. The van der Waals surface area contributed by atoms with E-state index >= 15 is 0 Å². The fourth-order valence-electron chi connectivity index (χ4n) is 2.67. The van der Waals surface area contributed by atoms with Crippen LogP contribution in [0.2, 0.25) is 0 Å². The van der Waals surface area contributed by atoms with Crippen molar-refractivity contribution in [2.45, 2.75) is 20.3 Å². The molecular formula is C17H16N2O3S. The number of Topliss-reactive ketones (excluding diaryl/α,β-unsaturated/α-hetero) is 1. The van der Waals surface area contributed by atoms with Crippen LogP contribution in [0.1, 0.15) is 35.5 Å². The first kappa shape index (κ1) is 15.4. The Morgan fingerprint density at radius 3 is 2.91 bits per heavy atom. The zero-order valence-corrected chi connectivity index (χ0v) is 13.7. The number of allylic oxidation sites excluding steroid dienone is 1. The highest BCUT2D eigenvalue weighted by Gasteiger charge is 2.27. The lowest BCUT2D eigenvalue weighted by molar-refractivity contribution is -0.116. The van der Waals surface area contributed by atoms with E-state index in [2.05, 4.69) is 4.98 Å². The molecule has 0 saturated heterocycles. The second-order valence-electron chi connectivity index (χ2n) is 5.30. The third-order valence-corrected chi connectivity index (χ3v) is 4.70. The molecular weight excluding hydrogens is 312 g/mol. The van der Waals surface area contributed by atoms with E-state index in [1.54, 1.807) is 29.2 Å². The molecule has 1 aromatic carbocycles. The first-order chi connectivity index (χ1) is 11.0. The smallest absolute Gasteiger partial charge is 0.225 e. The summed E-state index contributed by atoms with van der Waals surface area (Å²) in [4.78, 5) is 30.0. The van der Waals surface area contributed by atoms with Crippen LogP contribution in [0.25, 0.3) is 6.08 Å². The quantitative estimate of drug-likeness (QED) is 0.879. The molecule has 1 aliphatic rings. The standard InChI is InChI=1S/C17H16N2O3S/c1-3-19(10(2)20)17-18-12(9-23-17)7-11-8-14-13(16(11)22)5-4-6-15(14)21/h4-7,9,21H,3,8H2,1-2H3. The van der Waals surface area contributed by atoms with E-state index in [9.17, 15) is 14.7 Å². The molecule has 3 rings (SSSR count). The van der Waals surface area contributed by atoms with Crippen LogP contribution < -0.4 is 4.90 Å². The van der Waals surface area contributed by atoms with Gasteiger partial charge in [-0.15, -0.1) is 11.3 Å². The second-order valence-corrected chi connectivity index (χ2v) is 6.13. The third kappa shape index (κ3) is 2.77. The molecule has 1 aliphatic carbocycles. The molecule has 118 valence electrons. The number of phenolic OH excluding ortho intramolecular Hbond substituents is 1. The van der Waals surface area contributed by atoms with E-state index in [-0.39, 0.29) is 17.4 Å². The van der Waals surface area contributed by atoms with Gasteiger partial charge in [0.15, 0.2) is 10.9 Å². The molecule has 1 N–H and O–H groups in total. The minimum atomic E-state index is -0.0793. The number of amides is 1. The first-order valence-electron chi connectivity index (χ1n) is 7.31. The highest BCUT2D eigenvalue weighted by atomic mass is 32.1. The SMILES string of the molecule is CCN(C(C)=O)c1nc(C=C2Cc3c(O)cccc3C2=O)cs1. The Kier molecular flexibility index (Phi) is 4.00. The van der Waals surface area contributed by atoms with Crippen LogP contribution in [-0.4, -0.2) is 28.3 Å². The van der Waals surface area contributed by atoms with Crippen molar-refractivity contribution in [3.05, 3.63) is 46.0 Å². The van der Waals surface area contributed by atoms with E-state index in [0.29, 0.717) is 40.5 Å². The molecule has 1 heterocycles. The molecule has 1 aromatic heterocycles. The molecule has 0 bridgehead atoms. The Labute approximate surface area is 137 Å². The van der Waals surface area contributed by atoms with Crippen molar-refractivity contribution < 1.29 is 14.7 Å². The van der Waals surface area contributed by atoms with Crippen LogP contribution in [0.5, 0.6) is 5.75 Å². The van der Waals surface area contributed by atoms with Crippen molar-refractivity contribution >= 4 is 34.2 Å². The van der Waals surface area contributed by atoms with E-state index in [1.165, 1.54) is 18.3 Å². The maximum absolute atomic E-state index is 12.4. The largest absolute Gasteiger partial charge is 0.508 e. The van der Waals surface area contributed by atoms with Gasteiger partial charge >= 0.3 is 0 Å². The average molecular weight is 328 g/mol. The summed E-state index contributed by atoms with van der Waals surface area (Å²) in [5.41, 5.74) is 2.47. The summed E-state index contributed by atoms with van der Waals surface area (Å²) < 4.78 is 0. The number of carbonyl (C=O) groups is 2. The number of benzene rings is 1. The molecule has 1 amide bonds. The Hall–Kier alpha value is -2.47. The number of anilines is 1. The maximum Gasteiger partial charge on any atom is 0.225 e. The number of carbonyl (C=O) groups excluding carboxylic acids is 2. The van der Waals surface area contributed by atoms with Crippen LogP contribution in [-0.2, 0) is 11.2 Å². The summed E-state index contributed by atoms with van der Waals surface area (Å²) in [6.07, 6.45) is 2.13. The molecule has 0 spiro atoms. The average Bonchev–Trinajstić information content (AvgIpc) is 3.08. The molecule has 6 heteroatoms. The predicted molar refractivity (Wildman–Crippen MR) is 89.9 cm³/mol. The molecule has 23 heavy (non-hydrogen) atoms. The third-order valence-electron chi connectivity index (χ3n) is 3.81. The Morgan fingerprint density at radius 2 is 2.26 bits per heavy atom. The molecule has 0 aliphatic heterocycles. The number of thiazole rings is 1. The lowest BCUT2D eigenvalue weighted by Gasteiger charge is -2.14. The van der Waals surface area contributed by atoms with Crippen LogP contribution >= 0.6 is 11.3 Å². The number of hydrogen-bond donors (Lipinski definition) is 1. The predicted octanol–water partition coefficient (Wildman–Crippen LogP) is 3.04. The topological polar surface area (TPSA) is 70.5 Å². The van der Waals surface area contributed by atoms with E-state index < -0.39 is 0 Å². The molecule has 0 saturated carbocycles. The van der Waals surface area contributed by atoms with Crippen LogP contribution in [0.4, 0.5) is 5.13 Å². The van der Waals surface area contributed by atoms with Crippen molar-refractivity contribution in [1.82, 2.24) is 4.98 Å². The van der Waals surface area contributed by atoms with Gasteiger partial charge in [-0.3, -0.25) is 14.5 Å². The zero-order valence-electron chi connectivity index (χ0n) is 12.9. The number of aromatic nitrogens is 1. The van der Waals surface area contributed by atoms with Crippen molar-refractivity contribution in [2.75, 3.05) is 11.4 Å². The van der Waals surface area contributed by atoms with Crippen molar-refractivity contribution in [1.29, 1.82) is 0 Å². The Bertz CT molecular complexity index is 823. The Balaban J connectivity index is 1.90. The summed E-state index contributed by atoms with van der Waals surface area (Å²) in [7, 11) is 0. The van der Waals surface area contributed by atoms with Gasteiger partial charge < -0.3 is 5.11 Å². The fraction of sp³-hybridized carbons (Fsp3) is 0.235. The van der Waals surface area contributed by atoms with Gasteiger partial charge in [0.1, 0.15) is 5.75 Å². The number of hydrogen-bond acceptors (Lipinski definition) is 5. The highest BCUT2D eigenvalue weighted by molar-refractivity contribution is 7.14. The lowest BCUT2D eigenvalue weighted by atomic mass is 10.1. The van der Waals surface area contributed by atoms with E-state index in [1.807, 2.05) is 12.3 Å². The number of ketones is 1. The highest BCUT2D eigenvalue weighted by Crippen LogP contribution is 2.34. The van der Waals surface area contributed by atoms with Gasteiger partial charge in [0.2, 0.25) is 5.91 Å². The Morgan fingerprint density at radius 1 is 1.48 bits per heavy atom. The first-order valence-corrected chi connectivity index (χ1v) is 8.19. The molecule has 0 fully saturated rings. The van der Waals surface area contributed by atoms with Crippen LogP contribution in [0.3, 0.4) is 0 Å². The fourth-order valence-corrected chi connectivity index (χ4v) is 3.56. The summed E-state index contributed by atoms with van der Waals surface area (Å²) in [6.45, 7) is 3.95. The summed E-state index contributed by atoms with van der Waals surface area (Å²) >= 11 is 1.37. The minimum Gasteiger partial charge on any atom is -0.508 e. The van der Waals surface area contributed by atoms with Crippen LogP contribution in [0, 0.1) is 0 Å². The number of fused-ring (bicyclic) bond motifs is 1. The molecule has 0 atom stereocenters.